The highest BCUT2D eigenvalue weighted by Crippen LogP contribution is 2.21. The Kier molecular flexibility index (Phi) is 6.95. The molecule has 28 heavy (non-hydrogen) atoms. The largest absolute Gasteiger partial charge is 0.494 e. The van der Waals surface area contributed by atoms with Crippen LogP contribution in [0.25, 0.3) is 0 Å². The molecule has 2 fully saturated rings. The van der Waals surface area contributed by atoms with Crippen LogP contribution in [0.15, 0.2) is 29.2 Å². The van der Waals surface area contributed by atoms with E-state index in [9.17, 15) is 13.2 Å². The second-order valence-electron chi connectivity index (χ2n) is 7.67. The number of carbonyl (C=O) groups excluding carboxylic acids is 1. The Morgan fingerprint density at radius 1 is 1.11 bits per heavy atom. The van der Waals surface area contributed by atoms with Crippen LogP contribution in [0.1, 0.15) is 26.7 Å². The lowest BCUT2D eigenvalue weighted by atomic mass is 10.0. The molecule has 0 N–H and O–H groups in total. The van der Waals surface area contributed by atoms with Gasteiger partial charge in [-0.1, -0.05) is 6.92 Å². The molecule has 2 aliphatic heterocycles. The van der Waals surface area contributed by atoms with Crippen molar-refractivity contribution in [3.05, 3.63) is 24.3 Å². The topological polar surface area (TPSA) is 70.2 Å². The number of likely N-dealkylation sites (tertiary alicyclic amines) is 1. The van der Waals surface area contributed by atoms with Crippen molar-refractivity contribution in [1.82, 2.24) is 14.1 Å². The number of carbonyl (C=O) groups is 1. The molecule has 0 radical (unpaired) electrons. The summed E-state index contributed by atoms with van der Waals surface area (Å²) in [4.78, 5) is 16.9. The first-order valence-electron chi connectivity index (χ1n) is 10.1. The summed E-state index contributed by atoms with van der Waals surface area (Å²) in [5, 5.41) is 0. The minimum Gasteiger partial charge on any atom is -0.494 e. The highest BCUT2D eigenvalue weighted by Gasteiger charge is 2.31. The first-order valence-corrected chi connectivity index (χ1v) is 11.6. The van der Waals surface area contributed by atoms with Crippen molar-refractivity contribution in [3.63, 3.8) is 0 Å². The molecule has 2 heterocycles. The number of hydrogen-bond acceptors (Lipinski definition) is 5. The number of sulfonamides is 1. The molecule has 0 saturated carbocycles. The van der Waals surface area contributed by atoms with Gasteiger partial charge in [-0.25, -0.2) is 8.42 Å². The molecule has 3 rings (SSSR count). The normalized spacial score (nSPS) is 22.2. The number of rotatable bonds is 6. The summed E-state index contributed by atoms with van der Waals surface area (Å²) < 4.78 is 32.6. The van der Waals surface area contributed by atoms with E-state index in [-0.39, 0.29) is 10.8 Å². The van der Waals surface area contributed by atoms with Crippen LogP contribution < -0.4 is 4.74 Å². The zero-order valence-electron chi connectivity index (χ0n) is 16.8. The zero-order valence-corrected chi connectivity index (χ0v) is 17.7. The summed E-state index contributed by atoms with van der Waals surface area (Å²) in [5.74, 6) is 1.40. The van der Waals surface area contributed by atoms with Gasteiger partial charge in [0.05, 0.1) is 18.0 Å². The van der Waals surface area contributed by atoms with Crippen LogP contribution in [0.2, 0.25) is 0 Å². The van der Waals surface area contributed by atoms with Gasteiger partial charge in [-0.3, -0.25) is 9.69 Å². The van der Waals surface area contributed by atoms with Gasteiger partial charge in [0, 0.05) is 32.7 Å². The lowest BCUT2D eigenvalue weighted by molar-refractivity contribution is -0.134. The maximum absolute atomic E-state index is 12.9. The van der Waals surface area contributed by atoms with Gasteiger partial charge >= 0.3 is 0 Å². The van der Waals surface area contributed by atoms with Gasteiger partial charge in [-0.15, -0.1) is 0 Å². The number of benzene rings is 1. The lowest BCUT2D eigenvalue weighted by Crippen LogP contribution is -2.53. The molecule has 1 amide bonds. The molecule has 0 spiro atoms. The van der Waals surface area contributed by atoms with Crippen LogP contribution >= 0.6 is 0 Å². The van der Waals surface area contributed by atoms with Gasteiger partial charge in [-0.05, 0) is 56.5 Å². The molecule has 0 aliphatic carbocycles. The number of amides is 1. The summed E-state index contributed by atoms with van der Waals surface area (Å²) >= 11 is 0. The molecule has 1 aromatic carbocycles. The summed E-state index contributed by atoms with van der Waals surface area (Å²) in [6.45, 7) is 8.58. The van der Waals surface area contributed by atoms with Crippen LogP contribution in [-0.2, 0) is 14.8 Å². The van der Waals surface area contributed by atoms with Gasteiger partial charge in [0.15, 0.2) is 0 Å². The average Bonchev–Trinajstić information content (AvgIpc) is 2.69. The van der Waals surface area contributed by atoms with Crippen molar-refractivity contribution in [2.45, 2.75) is 31.6 Å². The molecule has 1 aromatic rings. The van der Waals surface area contributed by atoms with E-state index in [0.29, 0.717) is 51.0 Å². The fourth-order valence-electron chi connectivity index (χ4n) is 3.92. The number of ether oxygens (including phenoxy) is 1. The molecule has 1 atom stereocenters. The van der Waals surface area contributed by atoms with Crippen LogP contribution in [0.3, 0.4) is 0 Å². The molecule has 0 aromatic heterocycles. The summed E-state index contributed by atoms with van der Waals surface area (Å²) in [6.07, 6.45) is 2.37. The van der Waals surface area contributed by atoms with Crippen molar-refractivity contribution in [1.29, 1.82) is 0 Å². The summed E-state index contributed by atoms with van der Waals surface area (Å²) in [5.41, 5.74) is 0. The van der Waals surface area contributed by atoms with Gasteiger partial charge in [0.25, 0.3) is 0 Å². The Labute approximate surface area is 168 Å². The minimum absolute atomic E-state index is 0.104. The van der Waals surface area contributed by atoms with Crippen molar-refractivity contribution >= 4 is 15.9 Å². The molecule has 0 unspecified atom stereocenters. The van der Waals surface area contributed by atoms with Gasteiger partial charge in [-0.2, -0.15) is 4.31 Å². The first kappa shape index (κ1) is 21.1. The highest BCUT2D eigenvalue weighted by molar-refractivity contribution is 7.89. The molecule has 8 heteroatoms. The molecule has 0 bridgehead atoms. The molecular formula is C20H31N3O4S. The van der Waals surface area contributed by atoms with E-state index >= 15 is 0 Å². The molecule has 7 nitrogen and oxygen atoms in total. The van der Waals surface area contributed by atoms with Gasteiger partial charge in [0.2, 0.25) is 15.9 Å². The second-order valence-corrected chi connectivity index (χ2v) is 9.61. The first-order chi connectivity index (χ1) is 13.4. The predicted octanol–water partition coefficient (Wildman–Crippen LogP) is 1.65. The highest BCUT2D eigenvalue weighted by atomic mass is 32.2. The average molecular weight is 410 g/mol. The van der Waals surface area contributed by atoms with Crippen LogP contribution in [0.4, 0.5) is 0 Å². The van der Waals surface area contributed by atoms with E-state index in [0.717, 1.165) is 19.5 Å². The Morgan fingerprint density at radius 3 is 2.39 bits per heavy atom. The van der Waals surface area contributed by atoms with E-state index in [4.69, 9.17) is 4.74 Å². The van der Waals surface area contributed by atoms with Crippen molar-refractivity contribution < 1.29 is 17.9 Å². The monoisotopic (exact) mass is 409 g/mol. The minimum atomic E-state index is -3.55. The summed E-state index contributed by atoms with van der Waals surface area (Å²) in [6, 6.07) is 6.51. The fourth-order valence-corrected chi connectivity index (χ4v) is 5.35. The van der Waals surface area contributed by atoms with E-state index in [1.807, 2.05) is 6.92 Å². The van der Waals surface area contributed by atoms with Crippen molar-refractivity contribution in [3.8, 4) is 5.75 Å². The molecule has 156 valence electrons. The van der Waals surface area contributed by atoms with Crippen LogP contribution in [-0.4, -0.2) is 80.9 Å². The van der Waals surface area contributed by atoms with Crippen molar-refractivity contribution in [2.75, 3.05) is 52.4 Å². The zero-order chi connectivity index (χ0) is 20.1. The molecular weight excluding hydrogens is 378 g/mol. The Hall–Kier alpha value is -1.64. The quantitative estimate of drug-likeness (QED) is 0.715. The fraction of sp³-hybridized carbons (Fsp3) is 0.650. The number of piperazine rings is 1. The van der Waals surface area contributed by atoms with Crippen molar-refractivity contribution in [2.24, 2.45) is 5.92 Å². The molecule has 2 saturated heterocycles. The van der Waals surface area contributed by atoms with E-state index in [1.54, 1.807) is 29.2 Å². The SMILES string of the molecule is CCOc1ccc(S(=O)(=O)N2CCN(C(=O)CN3CCC[C@H](C)C3)CC2)cc1. The number of piperidine rings is 1. The second kappa shape index (κ2) is 9.24. The maximum Gasteiger partial charge on any atom is 0.243 e. The van der Waals surface area contributed by atoms with E-state index < -0.39 is 10.0 Å². The Balaban J connectivity index is 1.54. The van der Waals surface area contributed by atoms with Gasteiger partial charge < -0.3 is 9.64 Å². The third-order valence-electron chi connectivity index (χ3n) is 5.46. The predicted molar refractivity (Wildman–Crippen MR) is 108 cm³/mol. The van der Waals surface area contributed by atoms with Crippen LogP contribution in [0, 0.1) is 5.92 Å². The third-order valence-corrected chi connectivity index (χ3v) is 7.38. The number of hydrogen-bond donors (Lipinski definition) is 0. The Morgan fingerprint density at radius 2 is 1.79 bits per heavy atom. The van der Waals surface area contributed by atoms with E-state index in [2.05, 4.69) is 11.8 Å². The molecule has 2 aliphatic rings. The number of nitrogens with zero attached hydrogens (tertiary/aromatic N) is 3. The van der Waals surface area contributed by atoms with Gasteiger partial charge in [0.1, 0.15) is 5.75 Å². The smallest absolute Gasteiger partial charge is 0.243 e. The standard InChI is InChI=1S/C20H31N3O4S/c1-3-27-18-6-8-19(9-7-18)28(25,26)23-13-11-22(12-14-23)20(24)16-21-10-4-5-17(2)15-21/h6-9,17H,3-5,10-16H2,1-2H3/t17-/m0/s1. The van der Waals surface area contributed by atoms with Crippen LogP contribution in [0.5, 0.6) is 5.75 Å². The summed E-state index contributed by atoms with van der Waals surface area (Å²) in [7, 11) is -3.55. The van der Waals surface area contributed by atoms with E-state index in [1.165, 1.54) is 10.7 Å². The lowest BCUT2D eigenvalue weighted by Gasteiger charge is -2.36. The Bertz CT molecular complexity index is 758. The maximum atomic E-state index is 12.9. The third kappa shape index (κ3) is 5.04.